The van der Waals surface area contributed by atoms with E-state index in [9.17, 15) is 8.42 Å². The Kier molecular flexibility index (Phi) is 4.66. The molecule has 0 saturated carbocycles. The number of nitrogens with two attached hydrogens (primary N) is 1. The minimum absolute atomic E-state index is 0.124. The van der Waals surface area contributed by atoms with Crippen LogP contribution in [0.3, 0.4) is 0 Å². The van der Waals surface area contributed by atoms with Crippen LogP contribution >= 0.6 is 11.6 Å². The number of sulfonamides is 1. The molecule has 1 aliphatic heterocycles. The number of hydrogen-bond acceptors (Lipinski definition) is 4. The maximum absolute atomic E-state index is 12.5. The van der Waals surface area contributed by atoms with Gasteiger partial charge in [0.1, 0.15) is 6.07 Å². The second-order valence-electron chi connectivity index (χ2n) is 4.86. The van der Waals surface area contributed by atoms with Crippen molar-refractivity contribution in [2.45, 2.75) is 17.7 Å². The maximum Gasteiger partial charge on any atom is 0.243 e. The average Bonchev–Trinajstić information content (AvgIpc) is 2.47. The van der Waals surface area contributed by atoms with Crippen LogP contribution in [-0.4, -0.2) is 32.4 Å². The minimum Gasteiger partial charge on any atom is -0.330 e. The van der Waals surface area contributed by atoms with Crippen molar-refractivity contribution in [3.8, 4) is 6.07 Å². The van der Waals surface area contributed by atoms with Gasteiger partial charge in [0.15, 0.2) is 0 Å². The van der Waals surface area contributed by atoms with Crippen LogP contribution in [0.15, 0.2) is 23.1 Å². The highest BCUT2D eigenvalue weighted by Crippen LogP contribution is 2.26. The third-order valence-electron chi connectivity index (χ3n) is 3.51. The molecule has 1 aromatic carbocycles. The Morgan fingerprint density at radius 1 is 1.50 bits per heavy atom. The van der Waals surface area contributed by atoms with E-state index in [1.807, 2.05) is 6.07 Å². The molecular weight excluding hydrogens is 298 g/mol. The Morgan fingerprint density at radius 3 is 2.85 bits per heavy atom. The van der Waals surface area contributed by atoms with Gasteiger partial charge in [-0.15, -0.1) is 0 Å². The molecule has 1 heterocycles. The maximum atomic E-state index is 12.5. The second-order valence-corrected chi connectivity index (χ2v) is 7.21. The van der Waals surface area contributed by atoms with Crippen molar-refractivity contribution in [3.63, 3.8) is 0 Å². The van der Waals surface area contributed by atoms with Crippen molar-refractivity contribution in [3.05, 3.63) is 28.8 Å². The fourth-order valence-electron chi connectivity index (χ4n) is 2.33. The number of benzene rings is 1. The molecule has 0 aliphatic carbocycles. The van der Waals surface area contributed by atoms with E-state index in [0.717, 1.165) is 12.8 Å². The van der Waals surface area contributed by atoms with Crippen molar-refractivity contribution in [2.75, 3.05) is 19.6 Å². The summed E-state index contributed by atoms with van der Waals surface area (Å²) in [4.78, 5) is 0.124. The summed E-state index contributed by atoms with van der Waals surface area (Å²) in [5.41, 5.74) is 5.90. The molecule has 1 atom stereocenters. The van der Waals surface area contributed by atoms with Crippen molar-refractivity contribution < 1.29 is 8.42 Å². The number of piperidine rings is 1. The molecule has 0 radical (unpaired) electrons. The van der Waals surface area contributed by atoms with Crippen LogP contribution < -0.4 is 5.73 Å². The van der Waals surface area contributed by atoms with Crippen LogP contribution in [0, 0.1) is 17.2 Å². The van der Waals surface area contributed by atoms with Gasteiger partial charge in [-0.3, -0.25) is 0 Å². The largest absolute Gasteiger partial charge is 0.330 e. The molecular formula is C13H16ClN3O2S. The van der Waals surface area contributed by atoms with E-state index in [-0.39, 0.29) is 21.4 Å². The zero-order valence-electron chi connectivity index (χ0n) is 10.9. The van der Waals surface area contributed by atoms with E-state index >= 15 is 0 Å². The van der Waals surface area contributed by atoms with Crippen LogP contribution in [-0.2, 0) is 10.0 Å². The van der Waals surface area contributed by atoms with E-state index < -0.39 is 10.0 Å². The standard InChI is InChI=1S/C13H16ClN3O2S/c14-13-6-12(4-3-11(13)8-16)20(18,19)17-5-1-2-10(7-15)9-17/h3-4,6,10H,1-2,5,7,9,15H2. The molecule has 1 fully saturated rings. The van der Waals surface area contributed by atoms with E-state index in [4.69, 9.17) is 22.6 Å². The molecule has 0 aromatic heterocycles. The minimum atomic E-state index is -3.57. The Labute approximate surface area is 124 Å². The first-order chi connectivity index (χ1) is 9.48. The predicted octanol–water partition coefficient (Wildman–Crippen LogP) is 1.57. The molecule has 1 aromatic rings. The molecule has 5 nitrogen and oxygen atoms in total. The Morgan fingerprint density at radius 2 is 2.25 bits per heavy atom. The highest BCUT2D eigenvalue weighted by molar-refractivity contribution is 7.89. The van der Waals surface area contributed by atoms with Crippen LogP contribution in [0.25, 0.3) is 0 Å². The van der Waals surface area contributed by atoms with E-state index in [0.29, 0.717) is 19.6 Å². The number of nitriles is 1. The Hall–Kier alpha value is -1.13. The normalized spacial score (nSPS) is 20.6. The van der Waals surface area contributed by atoms with Gasteiger partial charge < -0.3 is 5.73 Å². The first kappa shape index (κ1) is 15.3. The van der Waals surface area contributed by atoms with Gasteiger partial charge in [0.25, 0.3) is 0 Å². The third kappa shape index (κ3) is 2.96. The van der Waals surface area contributed by atoms with Gasteiger partial charge in [-0.2, -0.15) is 9.57 Å². The third-order valence-corrected chi connectivity index (χ3v) is 5.69. The van der Waals surface area contributed by atoms with Gasteiger partial charge >= 0.3 is 0 Å². The van der Waals surface area contributed by atoms with Crippen molar-refractivity contribution in [1.29, 1.82) is 5.26 Å². The van der Waals surface area contributed by atoms with Gasteiger partial charge in [-0.05, 0) is 43.5 Å². The Balaban J connectivity index is 2.31. The number of rotatable bonds is 3. The lowest BCUT2D eigenvalue weighted by molar-refractivity contribution is 0.271. The smallest absolute Gasteiger partial charge is 0.243 e. The molecule has 0 spiro atoms. The number of nitrogens with zero attached hydrogens (tertiary/aromatic N) is 2. The Bertz CT molecular complexity index is 640. The molecule has 1 aliphatic rings. The highest BCUT2D eigenvalue weighted by Gasteiger charge is 2.30. The molecule has 2 rings (SSSR count). The lowest BCUT2D eigenvalue weighted by Gasteiger charge is -2.31. The summed E-state index contributed by atoms with van der Waals surface area (Å²) in [7, 11) is -3.57. The molecule has 1 unspecified atom stereocenters. The van der Waals surface area contributed by atoms with Crippen LogP contribution in [0.2, 0.25) is 5.02 Å². The summed E-state index contributed by atoms with van der Waals surface area (Å²) in [6.45, 7) is 1.42. The van der Waals surface area contributed by atoms with Crippen molar-refractivity contribution >= 4 is 21.6 Å². The summed E-state index contributed by atoms with van der Waals surface area (Å²) in [5, 5.41) is 8.97. The molecule has 2 N–H and O–H groups in total. The van der Waals surface area contributed by atoms with E-state index in [2.05, 4.69) is 0 Å². The second kappa shape index (κ2) is 6.10. The number of hydrogen-bond donors (Lipinski definition) is 1. The average molecular weight is 314 g/mol. The lowest BCUT2D eigenvalue weighted by Crippen LogP contribution is -2.41. The number of halogens is 1. The van der Waals surface area contributed by atoms with Crippen LogP contribution in [0.5, 0.6) is 0 Å². The van der Waals surface area contributed by atoms with Gasteiger partial charge in [-0.25, -0.2) is 8.42 Å². The first-order valence-corrected chi connectivity index (χ1v) is 8.20. The molecule has 7 heteroatoms. The predicted molar refractivity (Wildman–Crippen MR) is 76.7 cm³/mol. The summed E-state index contributed by atoms with van der Waals surface area (Å²) >= 11 is 5.90. The molecule has 0 amide bonds. The van der Waals surface area contributed by atoms with Crippen molar-refractivity contribution in [2.24, 2.45) is 11.7 Å². The van der Waals surface area contributed by atoms with Crippen molar-refractivity contribution in [1.82, 2.24) is 4.31 Å². The molecule has 0 bridgehead atoms. The SMILES string of the molecule is N#Cc1ccc(S(=O)(=O)N2CCCC(CN)C2)cc1Cl. The zero-order chi connectivity index (χ0) is 14.8. The summed E-state index contributed by atoms with van der Waals surface area (Å²) in [5.74, 6) is 0.201. The molecule has 1 saturated heterocycles. The van der Waals surface area contributed by atoms with Gasteiger partial charge in [0.05, 0.1) is 15.5 Å². The molecule has 20 heavy (non-hydrogen) atoms. The topological polar surface area (TPSA) is 87.2 Å². The van der Waals surface area contributed by atoms with E-state index in [1.165, 1.54) is 22.5 Å². The van der Waals surface area contributed by atoms with Crippen LogP contribution in [0.4, 0.5) is 0 Å². The van der Waals surface area contributed by atoms with Gasteiger partial charge in [0.2, 0.25) is 10.0 Å². The highest BCUT2D eigenvalue weighted by atomic mass is 35.5. The zero-order valence-corrected chi connectivity index (χ0v) is 12.5. The van der Waals surface area contributed by atoms with Gasteiger partial charge in [-0.1, -0.05) is 11.6 Å². The lowest BCUT2D eigenvalue weighted by atomic mass is 10.0. The van der Waals surface area contributed by atoms with Gasteiger partial charge in [0, 0.05) is 13.1 Å². The fraction of sp³-hybridized carbons (Fsp3) is 0.462. The quantitative estimate of drug-likeness (QED) is 0.917. The monoisotopic (exact) mass is 313 g/mol. The summed E-state index contributed by atoms with van der Waals surface area (Å²) < 4.78 is 26.5. The molecule has 108 valence electrons. The van der Waals surface area contributed by atoms with Crippen LogP contribution in [0.1, 0.15) is 18.4 Å². The summed E-state index contributed by atoms with van der Waals surface area (Å²) in [6, 6.07) is 6.10. The summed E-state index contributed by atoms with van der Waals surface area (Å²) in [6.07, 6.45) is 1.77. The fourth-order valence-corrected chi connectivity index (χ4v) is 4.20. The first-order valence-electron chi connectivity index (χ1n) is 6.39. The van der Waals surface area contributed by atoms with E-state index in [1.54, 1.807) is 0 Å².